The smallest absolute Gasteiger partial charge is 0.377 e. The van der Waals surface area contributed by atoms with Crippen LogP contribution in [-0.2, 0) is 4.79 Å². The van der Waals surface area contributed by atoms with Gasteiger partial charge in [-0.15, -0.1) is 0 Å². The Morgan fingerprint density at radius 3 is 2.33 bits per heavy atom. The molecular weight excluding hydrogens is 243 g/mol. The van der Waals surface area contributed by atoms with Crippen LogP contribution < -0.4 is 9.47 Å². The van der Waals surface area contributed by atoms with Crippen LogP contribution in [0.1, 0.15) is 29.0 Å². The van der Waals surface area contributed by atoms with E-state index in [0.717, 1.165) is 0 Å². The molecule has 1 aromatic rings. The molecule has 96 valence electrons. The quantitative estimate of drug-likeness (QED) is 0.657. The average Bonchev–Trinajstić information content (AvgIpc) is 2.36. The molecule has 1 aliphatic heterocycles. The van der Waals surface area contributed by atoms with Gasteiger partial charge in [0.1, 0.15) is 19.4 Å². The van der Waals surface area contributed by atoms with Gasteiger partial charge < -0.3 is 14.6 Å². The second-order valence-corrected chi connectivity index (χ2v) is 3.83. The van der Waals surface area contributed by atoms with Crippen LogP contribution in [0.5, 0.6) is 11.5 Å². The summed E-state index contributed by atoms with van der Waals surface area (Å²) in [4.78, 5) is 22.2. The Morgan fingerprint density at radius 2 is 1.83 bits per heavy atom. The van der Waals surface area contributed by atoms with Crippen molar-refractivity contribution in [2.45, 2.75) is 13.1 Å². The van der Waals surface area contributed by atoms with Crippen LogP contribution in [0.25, 0.3) is 0 Å². The fourth-order valence-corrected chi connectivity index (χ4v) is 1.75. The zero-order chi connectivity index (χ0) is 13.3. The number of carbonyl (C=O) groups excluding carboxylic acids is 1. The van der Waals surface area contributed by atoms with Gasteiger partial charge in [-0.25, -0.2) is 9.18 Å². The van der Waals surface area contributed by atoms with Crippen molar-refractivity contribution in [1.82, 2.24) is 0 Å². The highest BCUT2D eigenvalue weighted by Gasteiger charge is 2.25. The number of rotatable bonds is 3. The number of carboxylic acids is 1. The Kier molecular flexibility index (Phi) is 3.18. The van der Waals surface area contributed by atoms with Crippen LogP contribution in [0.2, 0.25) is 0 Å². The lowest BCUT2D eigenvalue weighted by molar-refractivity contribution is -0.131. The molecule has 1 atom stereocenters. The Hall–Kier alpha value is -2.11. The SMILES string of the molecule is CC(F)c1cc2c(cc1C(=O)C(=O)O)OCCO2. The van der Waals surface area contributed by atoms with Crippen LogP contribution >= 0.6 is 0 Å². The first-order valence-electron chi connectivity index (χ1n) is 5.36. The molecule has 1 aromatic carbocycles. The van der Waals surface area contributed by atoms with Crippen molar-refractivity contribution in [3.8, 4) is 11.5 Å². The Morgan fingerprint density at radius 1 is 1.28 bits per heavy atom. The minimum Gasteiger partial charge on any atom is -0.486 e. The van der Waals surface area contributed by atoms with Gasteiger partial charge in [-0.3, -0.25) is 4.79 Å². The van der Waals surface area contributed by atoms with E-state index < -0.39 is 17.9 Å². The molecule has 0 aliphatic carbocycles. The van der Waals surface area contributed by atoms with E-state index in [0.29, 0.717) is 19.0 Å². The van der Waals surface area contributed by atoms with Crippen LogP contribution in [0.15, 0.2) is 12.1 Å². The molecule has 2 rings (SSSR count). The third-order valence-corrected chi connectivity index (χ3v) is 2.58. The number of fused-ring (bicyclic) bond motifs is 1. The van der Waals surface area contributed by atoms with Gasteiger partial charge in [0.2, 0.25) is 0 Å². The van der Waals surface area contributed by atoms with E-state index in [9.17, 15) is 14.0 Å². The molecule has 0 spiro atoms. The fraction of sp³-hybridized carbons (Fsp3) is 0.333. The highest BCUT2D eigenvalue weighted by atomic mass is 19.1. The number of halogens is 1. The van der Waals surface area contributed by atoms with E-state index in [4.69, 9.17) is 14.6 Å². The van der Waals surface area contributed by atoms with Gasteiger partial charge in [0.15, 0.2) is 11.5 Å². The summed E-state index contributed by atoms with van der Waals surface area (Å²) in [6, 6.07) is 2.53. The van der Waals surface area contributed by atoms with Crippen molar-refractivity contribution in [3.63, 3.8) is 0 Å². The standard InChI is InChI=1S/C12H11FO5/c1-6(13)7-4-9-10(18-3-2-17-9)5-8(7)11(14)12(15)16/h4-6H,2-3H2,1H3,(H,15,16). The fourth-order valence-electron chi connectivity index (χ4n) is 1.75. The minimum absolute atomic E-state index is 0.00773. The molecule has 0 saturated carbocycles. The van der Waals surface area contributed by atoms with Crippen molar-refractivity contribution in [1.29, 1.82) is 0 Å². The van der Waals surface area contributed by atoms with Crippen LogP contribution in [-0.4, -0.2) is 30.1 Å². The summed E-state index contributed by atoms with van der Waals surface area (Å²) >= 11 is 0. The number of carboxylic acid groups (broad SMARTS) is 1. The number of carbonyl (C=O) groups is 2. The maximum absolute atomic E-state index is 13.4. The first-order chi connectivity index (χ1) is 8.50. The predicted molar refractivity (Wildman–Crippen MR) is 58.9 cm³/mol. The van der Waals surface area contributed by atoms with Gasteiger partial charge in [0.05, 0.1) is 0 Å². The van der Waals surface area contributed by atoms with Gasteiger partial charge in [-0.2, -0.15) is 0 Å². The van der Waals surface area contributed by atoms with Gasteiger partial charge in [0.25, 0.3) is 5.78 Å². The van der Waals surface area contributed by atoms with Crippen LogP contribution in [0.4, 0.5) is 4.39 Å². The molecule has 18 heavy (non-hydrogen) atoms. The Bertz CT molecular complexity index is 509. The molecule has 0 radical (unpaired) electrons. The summed E-state index contributed by atoms with van der Waals surface area (Å²) in [6.07, 6.45) is -1.47. The summed E-state index contributed by atoms with van der Waals surface area (Å²) in [7, 11) is 0. The number of ketones is 1. The van der Waals surface area contributed by atoms with Crippen LogP contribution in [0.3, 0.4) is 0 Å². The normalized spacial score (nSPS) is 15.0. The number of ether oxygens (including phenoxy) is 2. The minimum atomic E-state index is -1.63. The second kappa shape index (κ2) is 4.64. The number of benzene rings is 1. The molecule has 1 heterocycles. The molecular formula is C12H11FO5. The summed E-state index contributed by atoms with van der Waals surface area (Å²) in [5.74, 6) is -2.21. The Balaban J connectivity index is 2.55. The zero-order valence-electron chi connectivity index (χ0n) is 9.60. The summed E-state index contributed by atoms with van der Waals surface area (Å²) in [6.45, 7) is 1.86. The van der Waals surface area contributed by atoms with Crippen LogP contribution in [0, 0.1) is 0 Å². The van der Waals surface area contributed by atoms with Gasteiger partial charge in [-0.1, -0.05) is 0 Å². The third kappa shape index (κ3) is 2.13. The van der Waals surface area contributed by atoms with Gasteiger partial charge in [-0.05, 0) is 19.1 Å². The average molecular weight is 254 g/mol. The first kappa shape index (κ1) is 12.3. The maximum atomic E-state index is 13.4. The van der Waals surface area contributed by atoms with Crippen molar-refractivity contribution < 1.29 is 28.6 Å². The van der Waals surface area contributed by atoms with Crippen molar-refractivity contribution >= 4 is 11.8 Å². The zero-order valence-corrected chi connectivity index (χ0v) is 9.60. The molecule has 1 aliphatic rings. The number of hydrogen-bond acceptors (Lipinski definition) is 4. The molecule has 0 fully saturated rings. The number of alkyl halides is 1. The predicted octanol–water partition coefficient (Wildman–Crippen LogP) is 1.76. The second-order valence-electron chi connectivity index (χ2n) is 3.83. The molecule has 5 nitrogen and oxygen atoms in total. The van der Waals surface area contributed by atoms with E-state index in [2.05, 4.69) is 0 Å². The number of Topliss-reactive ketones (excluding diaryl/α,β-unsaturated/α-hetero) is 1. The molecule has 1 N–H and O–H groups in total. The highest BCUT2D eigenvalue weighted by molar-refractivity contribution is 6.40. The number of aliphatic carboxylic acids is 1. The molecule has 0 amide bonds. The molecule has 0 bridgehead atoms. The lowest BCUT2D eigenvalue weighted by atomic mass is 9.99. The van der Waals surface area contributed by atoms with Gasteiger partial charge in [0, 0.05) is 11.1 Å². The largest absolute Gasteiger partial charge is 0.486 e. The lowest BCUT2D eigenvalue weighted by Crippen LogP contribution is -2.19. The third-order valence-electron chi connectivity index (χ3n) is 2.58. The highest BCUT2D eigenvalue weighted by Crippen LogP contribution is 2.36. The topological polar surface area (TPSA) is 72.8 Å². The maximum Gasteiger partial charge on any atom is 0.377 e. The van der Waals surface area contributed by atoms with E-state index in [1.807, 2.05) is 0 Å². The van der Waals surface area contributed by atoms with E-state index in [-0.39, 0.29) is 16.9 Å². The van der Waals surface area contributed by atoms with Crippen molar-refractivity contribution in [3.05, 3.63) is 23.3 Å². The summed E-state index contributed by atoms with van der Waals surface area (Å²) < 4.78 is 23.9. The molecule has 0 aromatic heterocycles. The Labute approximate surface area is 102 Å². The van der Waals surface area contributed by atoms with E-state index >= 15 is 0 Å². The van der Waals surface area contributed by atoms with E-state index in [1.54, 1.807) is 0 Å². The summed E-state index contributed by atoms with van der Waals surface area (Å²) in [5, 5.41) is 8.70. The monoisotopic (exact) mass is 254 g/mol. The van der Waals surface area contributed by atoms with Gasteiger partial charge >= 0.3 is 5.97 Å². The lowest BCUT2D eigenvalue weighted by Gasteiger charge is -2.20. The molecule has 6 heteroatoms. The summed E-state index contributed by atoms with van der Waals surface area (Å²) in [5.41, 5.74) is -0.214. The number of hydrogen-bond donors (Lipinski definition) is 1. The molecule has 1 unspecified atom stereocenters. The van der Waals surface area contributed by atoms with E-state index in [1.165, 1.54) is 19.1 Å². The first-order valence-corrected chi connectivity index (χ1v) is 5.36. The molecule has 0 saturated heterocycles. The van der Waals surface area contributed by atoms with Crippen molar-refractivity contribution in [2.75, 3.05) is 13.2 Å². The van der Waals surface area contributed by atoms with Crippen molar-refractivity contribution in [2.24, 2.45) is 0 Å².